The molecule has 1 aromatic heterocycles. The molecule has 2 aromatic carbocycles. The van der Waals surface area contributed by atoms with Crippen LogP contribution in [-0.2, 0) is 22.3 Å². The van der Waals surface area contributed by atoms with E-state index in [4.69, 9.17) is 10.6 Å². The Morgan fingerprint density at radius 1 is 1.07 bits per heavy atom. The summed E-state index contributed by atoms with van der Waals surface area (Å²) in [5, 5.41) is 15.5. The minimum absolute atomic E-state index is 0.110. The quantitative estimate of drug-likeness (QED) is 0.157. The van der Waals surface area contributed by atoms with E-state index in [2.05, 4.69) is 20.8 Å². The molecular weight excluding hydrogens is 559 g/mol. The van der Waals surface area contributed by atoms with Crippen LogP contribution in [-0.4, -0.2) is 41.6 Å². The summed E-state index contributed by atoms with van der Waals surface area (Å²) in [6, 6.07) is 9.75. The van der Waals surface area contributed by atoms with E-state index in [9.17, 15) is 45.1 Å². The average molecular weight is 579 g/mol. The number of hydrogen-bond donors (Lipinski definition) is 5. The Kier molecular flexibility index (Phi) is 12.2. The molecule has 0 aliphatic carbocycles. The summed E-state index contributed by atoms with van der Waals surface area (Å²) >= 11 is 0. The average Bonchev–Trinajstić information content (AvgIpc) is 3.37. The number of halogens is 7. The first-order chi connectivity index (χ1) is 18.6. The minimum Gasteiger partial charge on any atom is -0.388 e. The summed E-state index contributed by atoms with van der Waals surface area (Å²) in [4.78, 5) is 39.1. The maximum absolute atomic E-state index is 12.8. The lowest BCUT2D eigenvalue weighted by molar-refractivity contribution is -0.169. The van der Waals surface area contributed by atoms with Gasteiger partial charge < -0.3 is 21.7 Å². The van der Waals surface area contributed by atoms with Gasteiger partial charge in [0.2, 0.25) is 6.41 Å². The van der Waals surface area contributed by atoms with Crippen molar-refractivity contribution in [2.24, 2.45) is 10.9 Å². The lowest BCUT2D eigenvalue weighted by Crippen LogP contribution is -2.19. The van der Waals surface area contributed by atoms with E-state index in [1.165, 1.54) is 0 Å². The molecule has 0 saturated heterocycles. The van der Waals surface area contributed by atoms with Gasteiger partial charge in [0.15, 0.2) is 0 Å². The monoisotopic (exact) mass is 579 g/mol. The first-order valence-corrected chi connectivity index (χ1v) is 10.5. The van der Waals surface area contributed by atoms with Gasteiger partial charge >= 0.3 is 18.3 Å². The van der Waals surface area contributed by atoms with Crippen molar-refractivity contribution in [3.8, 4) is 0 Å². The number of anilines is 3. The van der Waals surface area contributed by atoms with Crippen molar-refractivity contribution < 1.29 is 45.1 Å². The first kappa shape index (κ1) is 33.0. The van der Waals surface area contributed by atoms with E-state index in [-0.39, 0.29) is 6.41 Å². The number of aromatic nitrogens is 2. The number of nitrogens with zero attached hydrogens (tertiary/aromatic N) is 2. The van der Waals surface area contributed by atoms with E-state index in [1.54, 1.807) is 6.20 Å². The lowest BCUT2D eigenvalue weighted by atomic mass is 10.2. The molecule has 3 rings (SSSR count). The van der Waals surface area contributed by atoms with E-state index in [1.807, 2.05) is 36.6 Å². The van der Waals surface area contributed by atoms with Gasteiger partial charge in [0.05, 0.1) is 23.1 Å². The van der Waals surface area contributed by atoms with Gasteiger partial charge in [-0.1, -0.05) is 12.1 Å². The number of aromatic amines is 1. The highest BCUT2D eigenvalue weighted by molar-refractivity contribution is 5.96. The number of nitroso groups, excluding NO2 is 1. The van der Waals surface area contributed by atoms with Crippen molar-refractivity contribution in [3.63, 3.8) is 0 Å². The SMILES string of the molecule is CNc1cccc(CNc2cn[nH]c2C(N)=O)c1.O=CNc1cc(C(F)(F)F)ccc1F.O=NC(=O)C(F)(F)F. The fourth-order valence-electron chi connectivity index (χ4n) is 2.57. The van der Waals surface area contributed by atoms with Gasteiger partial charge in [-0.25, -0.2) is 4.39 Å². The van der Waals surface area contributed by atoms with Gasteiger partial charge in [0.25, 0.3) is 5.91 Å². The van der Waals surface area contributed by atoms with E-state index in [0.717, 1.165) is 16.4 Å². The van der Waals surface area contributed by atoms with E-state index in [0.29, 0.717) is 36.1 Å². The predicted octanol–water partition coefficient (Wildman–Crippen LogP) is 4.42. The van der Waals surface area contributed by atoms with Crippen molar-refractivity contribution >= 4 is 35.3 Å². The highest BCUT2D eigenvalue weighted by Gasteiger charge is 2.39. The number of primary amides is 1. The highest BCUT2D eigenvalue weighted by Crippen LogP contribution is 2.31. The van der Waals surface area contributed by atoms with Crippen LogP contribution in [0.15, 0.2) is 53.8 Å². The molecule has 18 heteroatoms. The molecule has 0 bridgehead atoms. The minimum atomic E-state index is -5.11. The molecule has 1 heterocycles. The zero-order valence-electron chi connectivity index (χ0n) is 20.2. The molecule has 0 unspecified atom stereocenters. The van der Waals surface area contributed by atoms with Crippen LogP contribution in [0.5, 0.6) is 0 Å². The first-order valence-electron chi connectivity index (χ1n) is 10.5. The zero-order chi connectivity index (χ0) is 30.5. The van der Waals surface area contributed by atoms with Gasteiger partial charge in [-0.15, -0.1) is 4.91 Å². The van der Waals surface area contributed by atoms with Crippen LogP contribution >= 0.6 is 0 Å². The second-order valence-corrected chi connectivity index (χ2v) is 7.18. The van der Waals surface area contributed by atoms with Crippen LogP contribution in [0.25, 0.3) is 0 Å². The third kappa shape index (κ3) is 10.8. The Morgan fingerprint density at radius 3 is 2.25 bits per heavy atom. The molecular formula is C22H20F7N7O4. The number of alkyl halides is 6. The Hall–Kier alpha value is -5.03. The number of rotatable bonds is 7. The van der Waals surface area contributed by atoms with Crippen LogP contribution in [0, 0.1) is 10.7 Å². The smallest absolute Gasteiger partial charge is 0.388 e. The molecule has 0 spiro atoms. The van der Waals surface area contributed by atoms with E-state index < -0.39 is 41.2 Å². The lowest BCUT2D eigenvalue weighted by Gasteiger charge is -2.08. The van der Waals surface area contributed by atoms with Crippen LogP contribution in [0.4, 0.5) is 47.8 Å². The Labute approximate surface area is 220 Å². The second-order valence-electron chi connectivity index (χ2n) is 7.18. The maximum atomic E-state index is 12.8. The molecule has 0 fully saturated rings. The van der Waals surface area contributed by atoms with Crippen molar-refractivity contribution in [2.45, 2.75) is 18.9 Å². The van der Waals surface area contributed by atoms with Crippen molar-refractivity contribution in [1.82, 2.24) is 10.2 Å². The van der Waals surface area contributed by atoms with Gasteiger partial charge in [0.1, 0.15) is 11.5 Å². The van der Waals surface area contributed by atoms with Gasteiger partial charge in [0, 0.05) is 24.5 Å². The highest BCUT2D eigenvalue weighted by atomic mass is 19.4. The summed E-state index contributed by atoms with van der Waals surface area (Å²) in [6.45, 7) is 0.593. The number of carbonyl (C=O) groups is 3. The van der Waals surface area contributed by atoms with Crippen molar-refractivity contribution in [1.29, 1.82) is 0 Å². The largest absolute Gasteiger partial charge is 0.476 e. The summed E-state index contributed by atoms with van der Waals surface area (Å²) in [5.41, 5.74) is 6.75. The number of benzene rings is 2. The second kappa shape index (κ2) is 14.8. The Morgan fingerprint density at radius 2 is 1.75 bits per heavy atom. The molecule has 216 valence electrons. The topological polar surface area (TPSA) is 171 Å². The molecule has 3 aromatic rings. The zero-order valence-corrected chi connectivity index (χ0v) is 20.2. The van der Waals surface area contributed by atoms with Gasteiger partial charge in [-0.2, -0.15) is 31.4 Å². The van der Waals surface area contributed by atoms with Crippen LogP contribution in [0.3, 0.4) is 0 Å². The van der Waals surface area contributed by atoms with Crippen molar-refractivity contribution in [2.75, 3.05) is 23.0 Å². The van der Waals surface area contributed by atoms with Crippen LogP contribution < -0.4 is 21.7 Å². The summed E-state index contributed by atoms with van der Waals surface area (Å²) in [5.74, 6) is -4.04. The number of H-pyrrole nitrogens is 1. The third-order valence-corrected chi connectivity index (χ3v) is 4.42. The third-order valence-electron chi connectivity index (χ3n) is 4.42. The fourth-order valence-corrected chi connectivity index (χ4v) is 2.57. The predicted molar refractivity (Wildman–Crippen MR) is 128 cm³/mol. The molecule has 3 amide bonds. The molecule has 0 radical (unpaired) electrons. The standard InChI is InChI=1S/C12H15N5O.C8H5F4NO.C2F3NO2/c1-14-9-4-2-3-8(5-9)6-15-10-7-16-17-11(10)12(13)18;9-6-2-1-5(8(10,11)12)3-7(6)13-4-14;3-2(4,5)1(7)6-8/h2-5,7,14-15H,6H2,1H3,(H2,13,18)(H,16,17);1-4H,(H,13,14);. The summed E-state index contributed by atoms with van der Waals surface area (Å²) < 4.78 is 81.5. The number of amides is 3. The number of nitrogens with one attached hydrogen (secondary N) is 4. The number of nitrogens with two attached hydrogens (primary N) is 1. The summed E-state index contributed by atoms with van der Waals surface area (Å²) in [6.07, 6.45) is -8.00. The fraction of sp³-hybridized carbons (Fsp3) is 0.182. The Bertz CT molecular complexity index is 1310. The maximum Gasteiger partial charge on any atom is 0.476 e. The summed E-state index contributed by atoms with van der Waals surface area (Å²) in [7, 11) is 1.87. The number of carbonyl (C=O) groups excluding carboxylic acids is 3. The molecule has 40 heavy (non-hydrogen) atoms. The normalized spacial score (nSPS) is 10.6. The molecule has 0 aliphatic heterocycles. The van der Waals surface area contributed by atoms with E-state index >= 15 is 0 Å². The molecule has 6 N–H and O–H groups in total. The molecule has 11 nitrogen and oxygen atoms in total. The van der Waals surface area contributed by atoms with Crippen LogP contribution in [0.1, 0.15) is 21.6 Å². The molecule has 0 atom stereocenters. The molecule has 0 aliphatic rings. The number of hydrogen-bond acceptors (Lipinski definition) is 7. The van der Waals surface area contributed by atoms with Crippen molar-refractivity contribution in [3.05, 3.63) is 76.2 Å². The van der Waals surface area contributed by atoms with Gasteiger partial charge in [-0.3, -0.25) is 19.5 Å². The van der Waals surface area contributed by atoms with Crippen LogP contribution in [0.2, 0.25) is 0 Å². The molecule has 0 saturated carbocycles. The Balaban J connectivity index is 0.000000324. The van der Waals surface area contributed by atoms with Gasteiger partial charge in [-0.05, 0) is 35.9 Å².